The molecule has 0 aromatic rings. The van der Waals surface area contributed by atoms with Crippen LogP contribution in [0.15, 0.2) is 0 Å². The second kappa shape index (κ2) is 4.24. The van der Waals surface area contributed by atoms with Crippen LogP contribution in [0.5, 0.6) is 0 Å². The first kappa shape index (κ1) is 8.52. The highest BCUT2D eigenvalue weighted by atomic mass is 14.9. The van der Waals surface area contributed by atoms with E-state index in [9.17, 15) is 0 Å². The minimum Gasteiger partial charge on any atom is -0.316 e. The van der Waals surface area contributed by atoms with Gasteiger partial charge < -0.3 is 10.6 Å². The van der Waals surface area contributed by atoms with E-state index in [1.54, 1.807) is 0 Å². The van der Waals surface area contributed by atoms with Crippen LogP contribution in [0.3, 0.4) is 0 Å². The van der Waals surface area contributed by atoms with Gasteiger partial charge in [-0.1, -0.05) is 0 Å². The molecule has 2 aliphatic heterocycles. The number of rotatable bonds is 3. The van der Waals surface area contributed by atoms with E-state index in [1.807, 2.05) is 0 Å². The number of hydrogen-bond acceptors (Lipinski definition) is 2. The summed E-state index contributed by atoms with van der Waals surface area (Å²) >= 11 is 0. The predicted molar refractivity (Wildman–Crippen MR) is 51.2 cm³/mol. The zero-order valence-corrected chi connectivity index (χ0v) is 7.81. The minimum absolute atomic E-state index is 0.991. The van der Waals surface area contributed by atoms with E-state index in [-0.39, 0.29) is 0 Å². The largest absolute Gasteiger partial charge is 0.316 e. The van der Waals surface area contributed by atoms with Gasteiger partial charge in [0.1, 0.15) is 0 Å². The number of nitrogens with one attached hydrogen (secondary N) is 2. The van der Waals surface area contributed by atoms with Gasteiger partial charge in [-0.3, -0.25) is 0 Å². The Morgan fingerprint density at radius 3 is 1.67 bits per heavy atom. The zero-order chi connectivity index (χ0) is 8.23. The standard InChI is InChI=1S/C10H20N2/c1(9-3-5-11-7-9)2-10-4-6-12-8-10/h9-12H,1-8H2/t9-,10-/m1/s1. The molecule has 2 fully saturated rings. The summed E-state index contributed by atoms with van der Waals surface area (Å²) in [6, 6.07) is 0. The Morgan fingerprint density at radius 2 is 1.33 bits per heavy atom. The van der Waals surface area contributed by atoms with Gasteiger partial charge in [0.05, 0.1) is 0 Å². The molecule has 0 aromatic carbocycles. The van der Waals surface area contributed by atoms with Crippen molar-refractivity contribution in [3.63, 3.8) is 0 Å². The van der Waals surface area contributed by atoms with E-state index in [0.717, 1.165) is 11.8 Å². The molecule has 0 spiro atoms. The van der Waals surface area contributed by atoms with Gasteiger partial charge in [0.25, 0.3) is 0 Å². The predicted octanol–water partition coefficient (Wildman–Crippen LogP) is 0.986. The van der Waals surface area contributed by atoms with Crippen molar-refractivity contribution in [2.45, 2.75) is 25.7 Å². The summed E-state index contributed by atoms with van der Waals surface area (Å²) in [5.41, 5.74) is 0. The van der Waals surface area contributed by atoms with Crippen molar-refractivity contribution >= 4 is 0 Å². The Kier molecular flexibility index (Phi) is 3.01. The van der Waals surface area contributed by atoms with Gasteiger partial charge in [-0.15, -0.1) is 0 Å². The van der Waals surface area contributed by atoms with Crippen molar-refractivity contribution in [1.82, 2.24) is 10.6 Å². The van der Waals surface area contributed by atoms with Crippen LogP contribution in [0.2, 0.25) is 0 Å². The van der Waals surface area contributed by atoms with Crippen LogP contribution in [-0.2, 0) is 0 Å². The molecule has 0 amide bonds. The Labute approximate surface area is 75.1 Å². The van der Waals surface area contributed by atoms with Crippen LogP contribution in [0.25, 0.3) is 0 Å². The van der Waals surface area contributed by atoms with E-state index in [0.29, 0.717) is 0 Å². The maximum absolute atomic E-state index is 3.43. The van der Waals surface area contributed by atoms with E-state index in [4.69, 9.17) is 0 Å². The third-order valence-electron chi connectivity index (χ3n) is 3.31. The lowest BCUT2D eigenvalue weighted by atomic mass is 9.95. The van der Waals surface area contributed by atoms with Crippen LogP contribution in [0.4, 0.5) is 0 Å². The molecule has 2 rings (SSSR count). The molecule has 0 aliphatic carbocycles. The summed E-state index contributed by atoms with van der Waals surface area (Å²) in [6.45, 7) is 5.07. The molecule has 2 N–H and O–H groups in total. The number of hydrogen-bond donors (Lipinski definition) is 2. The average Bonchev–Trinajstić information content (AvgIpc) is 2.74. The first-order valence-corrected chi connectivity index (χ1v) is 5.36. The molecule has 0 saturated carbocycles. The molecule has 2 atom stereocenters. The normalized spacial score (nSPS) is 36.0. The Bertz CT molecular complexity index is 108. The summed E-state index contributed by atoms with van der Waals surface area (Å²) in [6.07, 6.45) is 5.75. The van der Waals surface area contributed by atoms with E-state index in [2.05, 4.69) is 10.6 Å². The first-order valence-electron chi connectivity index (χ1n) is 5.36. The van der Waals surface area contributed by atoms with Gasteiger partial charge in [0, 0.05) is 0 Å². The molecule has 2 aliphatic rings. The van der Waals surface area contributed by atoms with Crippen molar-refractivity contribution < 1.29 is 0 Å². The molecule has 2 nitrogen and oxygen atoms in total. The highest BCUT2D eigenvalue weighted by molar-refractivity contribution is 4.76. The Balaban J connectivity index is 1.60. The molecular weight excluding hydrogens is 148 g/mol. The summed E-state index contributed by atoms with van der Waals surface area (Å²) in [7, 11) is 0. The Hall–Kier alpha value is -0.0800. The lowest BCUT2D eigenvalue weighted by molar-refractivity contribution is 0.429. The molecular formula is C10H20N2. The quantitative estimate of drug-likeness (QED) is 0.656. The monoisotopic (exact) mass is 168 g/mol. The second-order valence-electron chi connectivity index (χ2n) is 4.29. The second-order valence-corrected chi connectivity index (χ2v) is 4.29. The molecule has 70 valence electrons. The molecule has 2 heteroatoms. The molecule has 0 bridgehead atoms. The van der Waals surface area contributed by atoms with Crippen molar-refractivity contribution in [1.29, 1.82) is 0 Å². The zero-order valence-electron chi connectivity index (χ0n) is 7.81. The van der Waals surface area contributed by atoms with Crippen LogP contribution < -0.4 is 10.6 Å². The summed E-state index contributed by atoms with van der Waals surface area (Å²) in [4.78, 5) is 0. The van der Waals surface area contributed by atoms with Crippen LogP contribution in [0, 0.1) is 11.8 Å². The fraction of sp³-hybridized carbons (Fsp3) is 1.00. The van der Waals surface area contributed by atoms with Crippen molar-refractivity contribution in [2.24, 2.45) is 11.8 Å². The van der Waals surface area contributed by atoms with Gasteiger partial charge in [0.15, 0.2) is 0 Å². The van der Waals surface area contributed by atoms with Crippen LogP contribution >= 0.6 is 0 Å². The van der Waals surface area contributed by atoms with Gasteiger partial charge in [-0.2, -0.15) is 0 Å². The first-order chi connectivity index (χ1) is 5.95. The highest BCUT2D eigenvalue weighted by Gasteiger charge is 2.18. The highest BCUT2D eigenvalue weighted by Crippen LogP contribution is 2.21. The average molecular weight is 168 g/mol. The van der Waals surface area contributed by atoms with Crippen molar-refractivity contribution in [3.8, 4) is 0 Å². The van der Waals surface area contributed by atoms with Gasteiger partial charge in [0.2, 0.25) is 0 Å². The fourth-order valence-corrected chi connectivity index (χ4v) is 2.39. The molecule has 2 saturated heterocycles. The molecule has 0 unspecified atom stereocenters. The molecule has 12 heavy (non-hydrogen) atoms. The van der Waals surface area contributed by atoms with E-state index < -0.39 is 0 Å². The van der Waals surface area contributed by atoms with Gasteiger partial charge >= 0.3 is 0 Å². The lowest BCUT2D eigenvalue weighted by Crippen LogP contribution is -2.12. The van der Waals surface area contributed by atoms with Crippen molar-refractivity contribution in [2.75, 3.05) is 26.2 Å². The topological polar surface area (TPSA) is 24.1 Å². The SMILES string of the molecule is C1C[C@@H](CC[C@@H]2CCNC2)CN1. The molecule has 2 heterocycles. The summed E-state index contributed by atoms with van der Waals surface area (Å²) in [5.74, 6) is 1.98. The third-order valence-corrected chi connectivity index (χ3v) is 3.31. The van der Waals surface area contributed by atoms with Crippen molar-refractivity contribution in [3.05, 3.63) is 0 Å². The summed E-state index contributed by atoms with van der Waals surface area (Å²) in [5, 5.41) is 6.86. The minimum atomic E-state index is 0.991. The van der Waals surface area contributed by atoms with Gasteiger partial charge in [-0.25, -0.2) is 0 Å². The maximum Gasteiger partial charge on any atom is -0.00200 e. The Morgan fingerprint density at radius 1 is 0.833 bits per heavy atom. The molecule has 0 radical (unpaired) electrons. The maximum atomic E-state index is 3.43. The third kappa shape index (κ3) is 2.20. The van der Waals surface area contributed by atoms with Gasteiger partial charge in [-0.05, 0) is 63.7 Å². The smallest absolute Gasteiger partial charge is 0.00200 e. The fourth-order valence-electron chi connectivity index (χ4n) is 2.39. The van der Waals surface area contributed by atoms with E-state index in [1.165, 1.54) is 51.9 Å². The summed E-state index contributed by atoms with van der Waals surface area (Å²) < 4.78 is 0. The lowest BCUT2D eigenvalue weighted by Gasteiger charge is -2.11. The molecule has 0 aromatic heterocycles. The van der Waals surface area contributed by atoms with E-state index >= 15 is 0 Å². The van der Waals surface area contributed by atoms with Crippen LogP contribution in [-0.4, -0.2) is 26.2 Å². The van der Waals surface area contributed by atoms with Crippen LogP contribution in [0.1, 0.15) is 25.7 Å².